The molecular weight excluding hydrogens is 365 g/mol. The van der Waals surface area contributed by atoms with E-state index in [9.17, 15) is 18.0 Å². The Kier molecular flexibility index (Phi) is 4.80. The van der Waals surface area contributed by atoms with Crippen LogP contribution in [0, 0.1) is 0 Å². The number of methoxy groups -OCH3 is 2. The van der Waals surface area contributed by atoms with Gasteiger partial charge in [-0.2, -0.15) is 18.3 Å². The van der Waals surface area contributed by atoms with Gasteiger partial charge in [0.2, 0.25) is 0 Å². The van der Waals surface area contributed by atoms with Crippen LogP contribution in [0.3, 0.4) is 0 Å². The van der Waals surface area contributed by atoms with E-state index >= 15 is 0 Å². The number of nitrogens with zero attached hydrogens (tertiary/aromatic N) is 4. The quantitative estimate of drug-likeness (QED) is 0.649. The van der Waals surface area contributed by atoms with Gasteiger partial charge < -0.3 is 9.47 Å². The standard InChI is InChI=1S/C17H13F3N4O3/c1-26-11-5-3-4-10(8-11)13-9-14(17(18,19)20)22-16(21-13)24-7-6-12(23-24)15(25)27-2/h3-9H,1-2H3. The number of carbonyl (C=O) groups is 1. The van der Waals surface area contributed by atoms with E-state index in [1.165, 1.54) is 26.5 Å². The Morgan fingerprint density at radius 1 is 1.11 bits per heavy atom. The topological polar surface area (TPSA) is 79.1 Å². The van der Waals surface area contributed by atoms with Gasteiger partial charge in [0, 0.05) is 11.8 Å². The summed E-state index contributed by atoms with van der Waals surface area (Å²) in [4.78, 5) is 19.2. The lowest BCUT2D eigenvalue weighted by Crippen LogP contribution is -2.13. The smallest absolute Gasteiger partial charge is 0.433 e. The zero-order valence-corrected chi connectivity index (χ0v) is 14.2. The van der Waals surface area contributed by atoms with Crippen LogP contribution in [-0.2, 0) is 10.9 Å². The molecule has 3 rings (SSSR count). The highest BCUT2D eigenvalue weighted by atomic mass is 19.4. The second-order valence-corrected chi connectivity index (χ2v) is 5.31. The highest BCUT2D eigenvalue weighted by Crippen LogP contribution is 2.31. The number of esters is 1. The molecule has 0 saturated carbocycles. The lowest BCUT2D eigenvalue weighted by atomic mass is 10.1. The maximum atomic E-state index is 13.3. The lowest BCUT2D eigenvalue weighted by Gasteiger charge is -2.11. The highest BCUT2D eigenvalue weighted by Gasteiger charge is 2.34. The van der Waals surface area contributed by atoms with Crippen LogP contribution in [0.2, 0.25) is 0 Å². The normalized spacial score (nSPS) is 11.3. The van der Waals surface area contributed by atoms with E-state index in [2.05, 4.69) is 19.8 Å². The van der Waals surface area contributed by atoms with Gasteiger partial charge in [0.1, 0.15) is 5.75 Å². The van der Waals surface area contributed by atoms with Crippen LogP contribution in [0.25, 0.3) is 17.2 Å². The molecule has 0 spiro atoms. The molecule has 2 aromatic heterocycles. The maximum absolute atomic E-state index is 13.3. The van der Waals surface area contributed by atoms with Gasteiger partial charge in [-0.25, -0.2) is 19.4 Å². The van der Waals surface area contributed by atoms with Gasteiger partial charge in [-0.1, -0.05) is 12.1 Å². The first kappa shape index (κ1) is 18.4. The number of aromatic nitrogens is 4. The fraction of sp³-hybridized carbons (Fsp3) is 0.176. The zero-order chi connectivity index (χ0) is 19.6. The molecule has 0 aliphatic rings. The molecule has 2 heterocycles. The Bertz CT molecular complexity index is 986. The average Bonchev–Trinajstić information content (AvgIpc) is 3.16. The minimum Gasteiger partial charge on any atom is -0.497 e. The molecule has 27 heavy (non-hydrogen) atoms. The Morgan fingerprint density at radius 2 is 1.89 bits per heavy atom. The largest absolute Gasteiger partial charge is 0.497 e. The summed E-state index contributed by atoms with van der Waals surface area (Å²) in [5.41, 5.74) is -0.785. The van der Waals surface area contributed by atoms with Crippen molar-refractivity contribution in [2.45, 2.75) is 6.18 Å². The average molecular weight is 378 g/mol. The number of rotatable bonds is 4. The lowest BCUT2D eigenvalue weighted by molar-refractivity contribution is -0.141. The molecule has 0 amide bonds. The summed E-state index contributed by atoms with van der Waals surface area (Å²) < 4.78 is 50.5. The molecule has 0 aliphatic carbocycles. The zero-order valence-electron chi connectivity index (χ0n) is 14.2. The molecule has 0 aliphatic heterocycles. The number of hydrogen-bond acceptors (Lipinski definition) is 6. The number of hydrogen-bond donors (Lipinski definition) is 0. The molecule has 0 saturated heterocycles. The Hall–Kier alpha value is -3.43. The van der Waals surface area contributed by atoms with E-state index in [-0.39, 0.29) is 17.3 Å². The summed E-state index contributed by atoms with van der Waals surface area (Å²) in [6.45, 7) is 0. The van der Waals surface area contributed by atoms with Gasteiger partial charge in [0.15, 0.2) is 11.4 Å². The number of ether oxygens (including phenoxy) is 2. The van der Waals surface area contributed by atoms with Crippen molar-refractivity contribution < 1.29 is 27.4 Å². The van der Waals surface area contributed by atoms with E-state index in [0.717, 1.165) is 10.7 Å². The third kappa shape index (κ3) is 3.89. The van der Waals surface area contributed by atoms with Gasteiger partial charge in [0.05, 0.1) is 19.9 Å². The first-order chi connectivity index (χ1) is 12.8. The first-order valence-electron chi connectivity index (χ1n) is 7.57. The summed E-state index contributed by atoms with van der Waals surface area (Å²) in [5, 5.41) is 3.87. The molecular formula is C17H13F3N4O3. The van der Waals surface area contributed by atoms with Crippen molar-refractivity contribution in [2.75, 3.05) is 14.2 Å². The van der Waals surface area contributed by atoms with Crippen molar-refractivity contribution in [1.29, 1.82) is 0 Å². The molecule has 10 heteroatoms. The van der Waals surface area contributed by atoms with E-state index in [1.54, 1.807) is 24.3 Å². The molecule has 0 N–H and O–H groups in total. The van der Waals surface area contributed by atoms with Crippen LogP contribution in [0.1, 0.15) is 16.2 Å². The molecule has 0 unspecified atom stereocenters. The van der Waals surface area contributed by atoms with Crippen molar-refractivity contribution in [3.63, 3.8) is 0 Å². The summed E-state index contributed by atoms with van der Waals surface area (Å²) in [5.74, 6) is -0.597. The minimum atomic E-state index is -4.69. The molecule has 0 bridgehead atoms. The molecule has 1 aromatic carbocycles. The Balaban J connectivity index is 2.14. The summed E-state index contributed by atoms with van der Waals surface area (Å²) >= 11 is 0. The van der Waals surface area contributed by atoms with Crippen molar-refractivity contribution in [3.8, 4) is 23.0 Å². The summed E-state index contributed by atoms with van der Waals surface area (Å²) in [6.07, 6.45) is -3.42. The molecule has 3 aromatic rings. The third-order valence-electron chi connectivity index (χ3n) is 3.56. The van der Waals surface area contributed by atoms with Gasteiger partial charge >= 0.3 is 12.1 Å². The van der Waals surface area contributed by atoms with Crippen LogP contribution >= 0.6 is 0 Å². The fourth-order valence-electron chi connectivity index (χ4n) is 2.26. The van der Waals surface area contributed by atoms with Crippen LogP contribution < -0.4 is 4.74 Å². The first-order valence-corrected chi connectivity index (χ1v) is 7.57. The van der Waals surface area contributed by atoms with Crippen LogP contribution in [0.5, 0.6) is 5.75 Å². The summed E-state index contributed by atoms with van der Waals surface area (Å²) in [6, 6.07) is 8.57. The SMILES string of the molecule is COC(=O)c1ccn(-c2nc(-c3cccc(OC)c3)cc(C(F)(F)F)n2)n1. The maximum Gasteiger partial charge on any atom is 0.433 e. The predicted octanol–water partition coefficient (Wildman–Crippen LogP) is 3.14. The molecule has 0 fully saturated rings. The monoisotopic (exact) mass is 378 g/mol. The number of carbonyl (C=O) groups excluding carboxylic acids is 1. The number of halogens is 3. The summed E-state index contributed by atoms with van der Waals surface area (Å²) in [7, 11) is 2.62. The molecule has 7 nitrogen and oxygen atoms in total. The van der Waals surface area contributed by atoms with Crippen molar-refractivity contribution in [1.82, 2.24) is 19.7 Å². The van der Waals surface area contributed by atoms with Gasteiger partial charge in [-0.3, -0.25) is 0 Å². The van der Waals surface area contributed by atoms with Crippen molar-refractivity contribution in [2.24, 2.45) is 0 Å². The van der Waals surface area contributed by atoms with Crippen molar-refractivity contribution in [3.05, 3.63) is 54.0 Å². The Labute approximate surface area is 151 Å². The van der Waals surface area contributed by atoms with Gasteiger partial charge in [0.25, 0.3) is 5.95 Å². The van der Waals surface area contributed by atoms with E-state index in [4.69, 9.17) is 4.74 Å². The molecule has 0 atom stereocenters. The molecule has 140 valence electrons. The second-order valence-electron chi connectivity index (χ2n) is 5.31. The number of alkyl halides is 3. The number of benzene rings is 1. The van der Waals surface area contributed by atoms with Gasteiger partial charge in [-0.05, 0) is 24.3 Å². The van der Waals surface area contributed by atoms with Crippen LogP contribution in [0.15, 0.2) is 42.6 Å². The fourth-order valence-corrected chi connectivity index (χ4v) is 2.26. The van der Waals surface area contributed by atoms with E-state index in [1.807, 2.05) is 0 Å². The van der Waals surface area contributed by atoms with Crippen LogP contribution in [0.4, 0.5) is 13.2 Å². The molecule has 0 radical (unpaired) electrons. The Morgan fingerprint density at radius 3 is 2.56 bits per heavy atom. The predicted molar refractivity (Wildman–Crippen MR) is 87.5 cm³/mol. The van der Waals surface area contributed by atoms with Gasteiger partial charge in [-0.15, -0.1) is 0 Å². The van der Waals surface area contributed by atoms with E-state index < -0.39 is 17.8 Å². The van der Waals surface area contributed by atoms with Crippen LogP contribution in [-0.4, -0.2) is 39.9 Å². The van der Waals surface area contributed by atoms with Crippen molar-refractivity contribution >= 4 is 5.97 Å². The highest BCUT2D eigenvalue weighted by molar-refractivity contribution is 5.86. The second kappa shape index (κ2) is 7.06. The minimum absolute atomic E-state index is 0.0290. The van der Waals surface area contributed by atoms with E-state index in [0.29, 0.717) is 11.3 Å². The third-order valence-corrected chi connectivity index (χ3v) is 3.56.